The number of carbonyl (C=O) groups is 1. The maximum atomic E-state index is 14.5. The summed E-state index contributed by atoms with van der Waals surface area (Å²) in [7, 11) is 1.14. The molecule has 1 atom stereocenters. The van der Waals surface area contributed by atoms with Crippen LogP contribution in [0.5, 0.6) is 5.75 Å². The van der Waals surface area contributed by atoms with E-state index < -0.39 is 29.4 Å². The number of aromatic nitrogens is 1. The van der Waals surface area contributed by atoms with Gasteiger partial charge in [0.15, 0.2) is 6.10 Å². The Morgan fingerprint density at radius 3 is 2.46 bits per heavy atom. The van der Waals surface area contributed by atoms with Crippen LogP contribution in [0, 0.1) is 6.92 Å². The molecule has 0 spiro atoms. The van der Waals surface area contributed by atoms with Gasteiger partial charge in [-0.3, -0.25) is 4.98 Å². The maximum absolute atomic E-state index is 14.5. The van der Waals surface area contributed by atoms with Gasteiger partial charge in [-0.05, 0) is 98.7 Å². The van der Waals surface area contributed by atoms with E-state index in [0.29, 0.717) is 34.7 Å². The number of aryl methyl sites for hydroxylation is 2. The molecule has 2 heterocycles. The number of hydrogen-bond donors (Lipinski definition) is 0. The summed E-state index contributed by atoms with van der Waals surface area (Å²) < 4.78 is 60.3. The third kappa shape index (κ3) is 5.80. The average Bonchev–Trinajstić information content (AvgIpc) is 2.84. The van der Waals surface area contributed by atoms with Gasteiger partial charge < -0.3 is 14.2 Å². The number of alkyl halides is 3. The average molecular weight is 514 g/mol. The predicted molar refractivity (Wildman–Crippen MR) is 134 cm³/mol. The summed E-state index contributed by atoms with van der Waals surface area (Å²) in [6.45, 7) is 7.45. The summed E-state index contributed by atoms with van der Waals surface area (Å²) in [5.41, 5.74) is 1.42. The molecule has 0 saturated heterocycles. The molecule has 5 nitrogen and oxygen atoms in total. The molecule has 1 aliphatic heterocycles. The van der Waals surface area contributed by atoms with Gasteiger partial charge in [0.25, 0.3) is 0 Å². The molecule has 1 unspecified atom stereocenters. The summed E-state index contributed by atoms with van der Waals surface area (Å²) in [5, 5.41) is 0. The van der Waals surface area contributed by atoms with Crippen molar-refractivity contribution >= 4 is 5.97 Å². The molecule has 0 fully saturated rings. The molecule has 1 aromatic heterocycles. The number of fused-ring (bicyclic) bond motifs is 1. The van der Waals surface area contributed by atoms with Crippen LogP contribution in [-0.2, 0) is 26.9 Å². The second-order valence-electron chi connectivity index (χ2n) is 10.0. The summed E-state index contributed by atoms with van der Waals surface area (Å²) in [5.74, 6) is -0.202. The highest BCUT2D eigenvalue weighted by molar-refractivity contribution is 5.91. The molecule has 4 rings (SSSR count). The van der Waals surface area contributed by atoms with Gasteiger partial charge in [-0.25, -0.2) is 4.79 Å². The summed E-state index contributed by atoms with van der Waals surface area (Å²) in [4.78, 5) is 17.3. The van der Waals surface area contributed by atoms with E-state index in [1.807, 2.05) is 13.0 Å². The number of esters is 1. The van der Waals surface area contributed by atoms with Crippen molar-refractivity contribution in [3.8, 4) is 28.0 Å². The molecule has 37 heavy (non-hydrogen) atoms. The largest absolute Gasteiger partial charge is 0.493 e. The fraction of sp³-hybridized carbons (Fsp3) is 0.379. The van der Waals surface area contributed by atoms with Gasteiger partial charge in [-0.1, -0.05) is 12.1 Å². The minimum Gasteiger partial charge on any atom is -0.493 e. The number of ether oxygens (including phenoxy) is 3. The molecule has 0 radical (unpaired) electrons. The van der Waals surface area contributed by atoms with Crippen molar-refractivity contribution in [3.63, 3.8) is 0 Å². The summed E-state index contributed by atoms with van der Waals surface area (Å²) in [6.07, 6.45) is -3.22. The zero-order valence-corrected chi connectivity index (χ0v) is 21.5. The van der Waals surface area contributed by atoms with Gasteiger partial charge in [0.2, 0.25) is 0 Å². The van der Waals surface area contributed by atoms with Gasteiger partial charge in [-0.15, -0.1) is 0 Å². The van der Waals surface area contributed by atoms with Crippen molar-refractivity contribution in [2.24, 2.45) is 0 Å². The fourth-order valence-corrected chi connectivity index (χ4v) is 4.61. The third-order valence-electron chi connectivity index (χ3n) is 6.10. The maximum Gasteiger partial charge on any atom is 0.416 e. The zero-order valence-electron chi connectivity index (χ0n) is 21.5. The molecular weight excluding hydrogens is 483 g/mol. The van der Waals surface area contributed by atoms with Gasteiger partial charge in [0.05, 0.1) is 24.9 Å². The van der Waals surface area contributed by atoms with Crippen molar-refractivity contribution in [1.29, 1.82) is 0 Å². The lowest BCUT2D eigenvalue weighted by Crippen LogP contribution is -2.30. The molecule has 2 aromatic carbocycles. The first-order chi connectivity index (χ1) is 17.4. The lowest BCUT2D eigenvalue weighted by Gasteiger charge is -2.31. The molecular formula is C29H30F3NO4. The van der Waals surface area contributed by atoms with Crippen LogP contribution >= 0.6 is 0 Å². The Labute approximate surface area is 214 Å². The number of carbonyl (C=O) groups excluding carboxylic acids is 1. The van der Waals surface area contributed by atoms with E-state index in [4.69, 9.17) is 14.2 Å². The molecule has 0 bridgehead atoms. The predicted octanol–water partition coefficient (Wildman–Crippen LogP) is 7.10. The molecule has 8 heteroatoms. The second kappa shape index (κ2) is 10.2. The van der Waals surface area contributed by atoms with Gasteiger partial charge in [0.1, 0.15) is 5.75 Å². The number of halogens is 3. The number of pyridine rings is 1. The van der Waals surface area contributed by atoms with E-state index in [1.54, 1.807) is 51.2 Å². The Morgan fingerprint density at radius 2 is 1.81 bits per heavy atom. The normalized spacial score (nSPS) is 14.5. The van der Waals surface area contributed by atoms with Crippen molar-refractivity contribution in [2.75, 3.05) is 13.7 Å². The Bertz CT molecular complexity index is 1310. The minimum atomic E-state index is -4.75. The Kier molecular flexibility index (Phi) is 7.33. The molecule has 0 N–H and O–H groups in total. The van der Waals surface area contributed by atoms with Crippen molar-refractivity contribution < 1.29 is 32.2 Å². The fourth-order valence-electron chi connectivity index (χ4n) is 4.61. The van der Waals surface area contributed by atoms with E-state index >= 15 is 0 Å². The zero-order chi connectivity index (χ0) is 27.0. The molecule has 0 saturated carbocycles. The number of methoxy groups -OCH3 is 1. The quantitative estimate of drug-likeness (QED) is 0.341. The van der Waals surface area contributed by atoms with Gasteiger partial charge >= 0.3 is 12.1 Å². The van der Waals surface area contributed by atoms with Crippen LogP contribution in [0.2, 0.25) is 0 Å². The van der Waals surface area contributed by atoms with Gasteiger partial charge in [0, 0.05) is 17.5 Å². The van der Waals surface area contributed by atoms with Crippen LogP contribution in [0.25, 0.3) is 22.3 Å². The van der Waals surface area contributed by atoms with Crippen molar-refractivity contribution in [3.05, 3.63) is 71.0 Å². The molecule has 0 aliphatic carbocycles. The molecule has 3 aromatic rings. The number of benzene rings is 2. The Morgan fingerprint density at radius 1 is 1.05 bits per heavy atom. The van der Waals surface area contributed by atoms with E-state index in [9.17, 15) is 18.0 Å². The van der Waals surface area contributed by atoms with Crippen LogP contribution in [0.15, 0.2) is 48.7 Å². The summed E-state index contributed by atoms with van der Waals surface area (Å²) >= 11 is 0. The van der Waals surface area contributed by atoms with Gasteiger partial charge in [-0.2, -0.15) is 13.2 Å². The topological polar surface area (TPSA) is 57.7 Å². The monoisotopic (exact) mass is 513 g/mol. The van der Waals surface area contributed by atoms with Crippen molar-refractivity contribution in [1.82, 2.24) is 4.98 Å². The highest BCUT2D eigenvalue weighted by atomic mass is 19.4. The van der Waals surface area contributed by atoms with Crippen LogP contribution in [0.1, 0.15) is 55.7 Å². The Balaban J connectivity index is 2.12. The Hall–Kier alpha value is -3.39. The lowest BCUT2D eigenvalue weighted by atomic mass is 9.84. The second-order valence-corrected chi connectivity index (χ2v) is 10.0. The van der Waals surface area contributed by atoms with E-state index in [-0.39, 0.29) is 11.1 Å². The highest BCUT2D eigenvalue weighted by Gasteiger charge is 2.42. The van der Waals surface area contributed by atoms with E-state index in [1.165, 1.54) is 6.07 Å². The van der Waals surface area contributed by atoms with Crippen LogP contribution in [0.3, 0.4) is 0 Å². The minimum absolute atomic E-state index is 0.258. The summed E-state index contributed by atoms with van der Waals surface area (Å²) in [6, 6.07) is 11.3. The smallest absolute Gasteiger partial charge is 0.416 e. The first-order valence-corrected chi connectivity index (χ1v) is 12.1. The van der Waals surface area contributed by atoms with Crippen molar-refractivity contribution in [2.45, 2.75) is 58.4 Å². The number of rotatable bonds is 5. The lowest BCUT2D eigenvalue weighted by molar-refractivity contribution is -0.166. The van der Waals surface area contributed by atoms with Crippen LogP contribution in [-0.4, -0.2) is 30.3 Å². The number of nitrogens with zero attached hydrogens (tertiary/aromatic N) is 1. The highest BCUT2D eigenvalue weighted by Crippen LogP contribution is 2.47. The molecule has 1 aliphatic rings. The first-order valence-electron chi connectivity index (χ1n) is 12.1. The standard InChI is InChI=1S/C29H30F3NO4/c1-17-15-18(12-13-33-17)21-9-10-22(29(30,31)32)25(26(27(34)35-5)37-28(2,3)4)24(21)20-8-11-23-19(16-20)7-6-14-36-23/h8-13,15-16,26H,6-7,14H2,1-5H3. The third-order valence-corrected chi connectivity index (χ3v) is 6.10. The SMILES string of the molecule is COC(=O)C(OC(C)(C)C)c1c(C(F)(F)F)ccc(-c2ccnc(C)c2)c1-c1ccc2c(c1)CCCO2. The van der Waals surface area contributed by atoms with Crippen LogP contribution < -0.4 is 4.74 Å². The first kappa shape index (κ1) is 26.7. The molecule has 196 valence electrons. The number of hydrogen-bond acceptors (Lipinski definition) is 5. The molecule has 0 amide bonds. The van der Waals surface area contributed by atoms with E-state index in [2.05, 4.69) is 4.98 Å². The van der Waals surface area contributed by atoms with E-state index in [0.717, 1.165) is 31.6 Å². The van der Waals surface area contributed by atoms with Crippen LogP contribution in [0.4, 0.5) is 13.2 Å².